The Bertz CT molecular complexity index is 290. The molecule has 0 bridgehead atoms. The summed E-state index contributed by atoms with van der Waals surface area (Å²) in [5.74, 6) is 0.0701. The zero-order valence-electron chi connectivity index (χ0n) is 11.3. The minimum absolute atomic E-state index is 0.0701. The van der Waals surface area contributed by atoms with Crippen molar-refractivity contribution in [2.24, 2.45) is 0 Å². The van der Waals surface area contributed by atoms with E-state index in [1.807, 2.05) is 13.8 Å². The second-order valence-electron chi connectivity index (χ2n) is 5.31. The molecule has 2 N–H and O–H groups in total. The molecule has 1 amide bonds. The molecule has 2 saturated heterocycles. The molecule has 2 fully saturated rings. The van der Waals surface area contributed by atoms with Crippen molar-refractivity contribution in [3.8, 4) is 0 Å². The summed E-state index contributed by atoms with van der Waals surface area (Å²) in [5.41, 5.74) is -0.100. The van der Waals surface area contributed by atoms with Gasteiger partial charge < -0.3 is 20.1 Å². The first kappa shape index (κ1) is 13.8. The number of carbonyl (C=O) groups excluding carboxylic acids is 1. The van der Waals surface area contributed by atoms with Crippen LogP contribution in [0, 0.1) is 0 Å². The monoisotopic (exact) mass is 256 g/mol. The highest BCUT2D eigenvalue weighted by Crippen LogP contribution is 2.32. The largest absolute Gasteiger partial charge is 0.378 e. The molecule has 104 valence electrons. The summed E-state index contributed by atoms with van der Waals surface area (Å²) in [5, 5.41) is 6.25. The van der Waals surface area contributed by atoms with Gasteiger partial charge in [0.1, 0.15) is 0 Å². The van der Waals surface area contributed by atoms with E-state index in [2.05, 4.69) is 10.6 Å². The molecule has 0 aromatic carbocycles. The fourth-order valence-corrected chi connectivity index (χ4v) is 2.79. The molecule has 0 aromatic heterocycles. The van der Waals surface area contributed by atoms with Gasteiger partial charge in [-0.1, -0.05) is 0 Å². The summed E-state index contributed by atoms with van der Waals surface area (Å²) in [4.78, 5) is 11.7. The van der Waals surface area contributed by atoms with Gasteiger partial charge in [0.2, 0.25) is 5.91 Å². The van der Waals surface area contributed by atoms with Gasteiger partial charge >= 0.3 is 0 Å². The zero-order chi connectivity index (χ0) is 13.0. The zero-order valence-corrected chi connectivity index (χ0v) is 11.3. The Hall–Kier alpha value is -0.650. The third kappa shape index (κ3) is 3.22. The van der Waals surface area contributed by atoms with Crippen molar-refractivity contribution < 1.29 is 14.3 Å². The Balaban J connectivity index is 1.84. The number of nitrogens with one attached hydrogen (secondary N) is 2. The summed E-state index contributed by atoms with van der Waals surface area (Å²) >= 11 is 0. The average molecular weight is 256 g/mol. The van der Waals surface area contributed by atoms with Crippen LogP contribution in [-0.2, 0) is 14.3 Å². The normalized spacial score (nSPS) is 33.6. The molecule has 2 aliphatic heterocycles. The maximum atomic E-state index is 11.7. The first-order chi connectivity index (χ1) is 8.65. The minimum Gasteiger partial charge on any atom is -0.378 e. The van der Waals surface area contributed by atoms with Crippen LogP contribution in [0.1, 0.15) is 33.1 Å². The highest BCUT2D eigenvalue weighted by atomic mass is 16.6. The lowest BCUT2D eigenvalue weighted by atomic mass is 9.89. The molecule has 0 aliphatic carbocycles. The van der Waals surface area contributed by atoms with Crippen LogP contribution in [0.25, 0.3) is 0 Å². The quantitative estimate of drug-likeness (QED) is 0.766. The van der Waals surface area contributed by atoms with Crippen molar-refractivity contribution in [2.45, 2.75) is 50.8 Å². The van der Waals surface area contributed by atoms with E-state index in [9.17, 15) is 4.79 Å². The Morgan fingerprint density at radius 3 is 3.00 bits per heavy atom. The number of ether oxygens (including phenoxy) is 2. The fraction of sp³-hybridized carbons (Fsp3) is 0.923. The van der Waals surface area contributed by atoms with Crippen LogP contribution in [-0.4, -0.2) is 50.0 Å². The van der Waals surface area contributed by atoms with Crippen LogP contribution in [0.5, 0.6) is 0 Å². The molecular formula is C13H24N2O3. The van der Waals surface area contributed by atoms with Crippen LogP contribution in [0.2, 0.25) is 0 Å². The predicted octanol–water partition coefficient (Wildman–Crippen LogP) is 0.439. The predicted molar refractivity (Wildman–Crippen MR) is 68.4 cm³/mol. The maximum Gasteiger partial charge on any atom is 0.236 e. The highest BCUT2D eigenvalue weighted by molar-refractivity contribution is 5.81. The van der Waals surface area contributed by atoms with E-state index in [-0.39, 0.29) is 17.6 Å². The molecule has 3 atom stereocenters. The van der Waals surface area contributed by atoms with Crippen molar-refractivity contribution >= 4 is 5.91 Å². The Kier molecular flexibility index (Phi) is 4.59. The Morgan fingerprint density at radius 1 is 1.50 bits per heavy atom. The lowest BCUT2D eigenvalue weighted by Crippen LogP contribution is -2.52. The summed E-state index contributed by atoms with van der Waals surface area (Å²) in [6, 6.07) is 0.200. The molecule has 5 nitrogen and oxygen atoms in total. The molecule has 3 unspecified atom stereocenters. The van der Waals surface area contributed by atoms with Gasteiger partial charge in [0.05, 0.1) is 18.2 Å². The molecular weight excluding hydrogens is 232 g/mol. The van der Waals surface area contributed by atoms with Gasteiger partial charge in [-0.05, 0) is 26.7 Å². The van der Waals surface area contributed by atoms with E-state index in [1.54, 1.807) is 0 Å². The van der Waals surface area contributed by atoms with Gasteiger partial charge in [0, 0.05) is 32.2 Å². The lowest BCUT2D eigenvalue weighted by molar-refractivity contribution is -0.124. The van der Waals surface area contributed by atoms with Crippen molar-refractivity contribution in [1.29, 1.82) is 0 Å². The Morgan fingerprint density at radius 2 is 2.33 bits per heavy atom. The van der Waals surface area contributed by atoms with Crippen molar-refractivity contribution in [3.63, 3.8) is 0 Å². The van der Waals surface area contributed by atoms with Crippen molar-refractivity contribution in [3.05, 3.63) is 0 Å². The van der Waals surface area contributed by atoms with E-state index in [4.69, 9.17) is 9.47 Å². The maximum absolute atomic E-state index is 11.7. The first-order valence-corrected chi connectivity index (χ1v) is 6.91. The molecule has 1 spiro atoms. The molecule has 2 heterocycles. The number of rotatable bonds is 4. The van der Waals surface area contributed by atoms with Crippen molar-refractivity contribution in [1.82, 2.24) is 10.6 Å². The van der Waals surface area contributed by atoms with Gasteiger partial charge in [-0.2, -0.15) is 0 Å². The molecule has 0 aromatic rings. The third-order valence-electron chi connectivity index (χ3n) is 3.79. The van der Waals surface area contributed by atoms with Crippen molar-refractivity contribution in [2.75, 3.05) is 26.4 Å². The number of amides is 1. The second kappa shape index (κ2) is 5.99. The van der Waals surface area contributed by atoms with Gasteiger partial charge in [0.15, 0.2) is 0 Å². The van der Waals surface area contributed by atoms with E-state index in [0.717, 1.165) is 32.5 Å². The minimum atomic E-state index is -0.146. The number of hydrogen-bond acceptors (Lipinski definition) is 4. The number of hydrogen-bond donors (Lipinski definition) is 2. The van der Waals surface area contributed by atoms with Crippen LogP contribution >= 0.6 is 0 Å². The van der Waals surface area contributed by atoms with Gasteiger partial charge in [-0.3, -0.25) is 4.79 Å². The summed E-state index contributed by atoms with van der Waals surface area (Å²) in [7, 11) is 0. The van der Waals surface area contributed by atoms with Gasteiger partial charge in [0.25, 0.3) is 0 Å². The fourth-order valence-electron chi connectivity index (χ4n) is 2.79. The standard InChI is InChI=1S/C13H24N2O3/c1-3-14-12(16)10(2)15-11-4-6-18-13(8-11)5-7-17-9-13/h10-11,15H,3-9H2,1-2H3,(H,14,16). The Labute approximate surface area is 109 Å². The lowest BCUT2D eigenvalue weighted by Gasteiger charge is -2.38. The molecule has 0 radical (unpaired) electrons. The first-order valence-electron chi connectivity index (χ1n) is 6.91. The van der Waals surface area contributed by atoms with E-state index in [0.29, 0.717) is 19.2 Å². The average Bonchev–Trinajstić information content (AvgIpc) is 2.77. The summed E-state index contributed by atoms with van der Waals surface area (Å²) < 4.78 is 11.3. The SMILES string of the molecule is CCNC(=O)C(C)NC1CCOC2(CCOC2)C1. The van der Waals surface area contributed by atoms with Crippen LogP contribution < -0.4 is 10.6 Å². The molecule has 0 saturated carbocycles. The van der Waals surface area contributed by atoms with Crippen LogP contribution in [0.3, 0.4) is 0 Å². The number of carbonyl (C=O) groups is 1. The van der Waals surface area contributed by atoms with E-state index in [1.165, 1.54) is 0 Å². The topological polar surface area (TPSA) is 59.6 Å². The smallest absolute Gasteiger partial charge is 0.236 e. The molecule has 5 heteroatoms. The highest BCUT2D eigenvalue weighted by Gasteiger charge is 2.41. The second-order valence-corrected chi connectivity index (χ2v) is 5.31. The molecule has 2 rings (SSSR count). The summed E-state index contributed by atoms with van der Waals surface area (Å²) in [6.07, 6.45) is 2.88. The molecule has 18 heavy (non-hydrogen) atoms. The van der Waals surface area contributed by atoms with Gasteiger partial charge in [-0.25, -0.2) is 0 Å². The van der Waals surface area contributed by atoms with Gasteiger partial charge in [-0.15, -0.1) is 0 Å². The van der Waals surface area contributed by atoms with Crippen LogP contribution in [0.15, 0.2) is 0 Å². The molecule has 2 aliphatic rings. The van der Waals surface area contributed by atoms with Crippen LogP contribution in [0.4, 0.5) is 0 Å². The summed E-state index contributed by atoms with van der Waals surface area (Å²) in [6.45, 7) is 6.76. The van der Waals surface area contributed by atoms with E-state index >= 15 is 0 Å². The van der Waals surface area contributed by atoms with E-state index < -0.39 is 0 Å². The third-order valence-corrected chi connectivity index (χ3v) is 3.79. The number of likely N-dealkylation sites (N-methyl/N-ethyl adjacent to an activating group) is 1.